The molecule has 0 atom stereocenters. The zero-order chi connectivity index (χ0) is 15.6. The number of hydrogen-bond donors (Lipinski definition) is 0. The van der Waals surface area contributed by atoms with Crippen LogP contribution < -0.4 is 4.74 Å². The first kappa shape index (κ1) is 15.6. The Bertz CT molecular complexity index is 681. The van der Waals surface area contributed by atoms with Crippen LogP contribution in [0.25, 0.3) is 0 Å². The summed E-state index contributed by atoms with van der Waals surface area (Å²) in [6, 6.07) is 10.2. The van der Waals surface area contributed by atoms with Crippen molar-refractivity contribution in [3.63, 3.8) is 0 Å². The van der Waals surface area contributed by atoms with Gasteiger partial charge in [0.2, 0.25) is 0 Å². The zero-order valence-electron chi connectivity index (χ0n) is 10.9. The van der Waals surface area contributed by atoms with Gasteiger partial charge < -0.3 is 4.74 Å². The highest BCUT2D eigenvalue weighted by molar-refractivity contribution is 9.10. The highest BCUT2D eigenvalue weighted by Gasteiger charge is 2.31. The van der Waals surface area contributed by atoms with Gasteiger partial charge in [0.1, 0.15) is 5.75 Å². The molecule has 2 aromatic rings. The summed E-state index contributed by atoms with van der Waals surface area (Å²) >= 11 is 3.31. The van der Waals surface area contributed by atoms with E-state index in [9.17, 15) is 18.0 Å². The molecule has 0 fully saturated rings. The van der Waals surface area contributed by atoms with Gasteiger partial charge in [-0.2, -0.15) is 0 Å². The fraction of sp³-hybridized carbons (Fsp3) is 0.133. The number of ketones is 1. The smallest absolute Gasteiger partial charge is 0.406 e. The summed E-state index contributed by atoms with van der Waals surface area (Å²) in [6.07, 6.45) is -4.79. The third kappa shape index (κ3) is 3.85. The molecule has 0 aliphatic carbocycles. The van der Waals surface area contributed by atoms with E-state index in [2.05, 4.69) is 20.7 Å². The highest BCUT2D eigenvalue weighted by Crippen LogP contribution is 2.27. The number of ether oxygens (including phenoxy) is 1. The molecular formula is C15H10BrF3O2. The Morgan fingerprint density at radius 1 is 1.14 bits per heavy atom. The lowest BCUT2D eigenvalue weighted by molar-refractivity contribution is -0.274. The third-order valence-corrected chi connectivity index (χ3v) is 3.82. The third-order valence-electron chi connectivity index (χ3n) is 2.77. The minimum Gasteiger partial charge on any atom is -0.406 e. The van der Waals surface area contributed by atoms with Gasteiger partial charge in [0.15, 0.2) is 5.78 Å². The number of hydrogen-bond acceptors (Lipinski definition) is 2. The van der Waals surface area contributed by atoms with E-state index >= 15 is 0 Å². The molecule has 0 saturated heterocycles. The number of alkyl halides is 3. The van der Waals surface area contributed by atoms with Crippen LogP contribution in [0.1, 0.15) is 21.5 Å². The molecule has 110 valence electrons. The summed E-state index contributed by atoms with van der Waals surface area (Å²) in [5, 5.41) is 0. The second-order valence-corrected chi connectivity index (χ2v) is 5.13. The maximum absolute atomic E-state index is 12.4. The lowest BCUT2D eigenvalue weighted by Gasteiger charge is -2.10. The van der Waals surface area contributed by atoms with E-state index in [0.29, 0.717) is 10.0 Å². The first-order chi connectivity index (χ1) is 9.78. The molecule has 0 radical (unpaired) electrons. The second-order valence-electron chi connectivity index (χ2n) is 4.34. The lowest BCUT2D eigenvalue weighted by Crippen LogP contribution is -2.17. The molecule has 0 saturated carbocycles. The zero-order valence-corrected chi connectivity index (χ0v) is 12.5. The largest absolute Gasteiger partial charge is 0.573 e. The standard InChI is InChI=1S/C15H10BrF3O2/c1-9-4-2-7-12(13(9)16)14(20)10-5-3-6-11(8-10)21-15(17,18)19/h2-8H,1H3. The fourth-order valence-electron chi connectivity index (χ4n) is 1.81. The van der Waals surface area contributed by atoms with Crippen molar-refractivity contribution in [3.05, 3.63) is 63.6 Å². The predicted octanol–water partition coefficient (Wildman–Crippen LogP) is 4.89. The first-order valence-electron chi connectivity index (χ1n) is 5.93. The van der Waals surface area contributed by atoms with Crippen LogP contribution in [0.15, 0.2) is 46.9 Å². The van der Waals surface area contributed by atoms with Gasteiger partial charge in [-0.15, -0.1) is 13.2 Å². The van der Waals surface area contributed by atoms with Gasteiger partial charge in [-0.05, 0) is 46.6 Å². The minimum absolute atomic E-state index is 0.128. The van der Waals surface area contributed by atoms with E-state index in [4.69, 9.17) is 0 Å². The van der Waals surface area contributed by atoms with Gasteiger partial charge in [0.05, 0.1) is 0 Å². The Morgan fingerprint density at radius 3 is 2.48 bits per heavy atom. The topological polar surface area (TPSA) is 26.3 Å². The fourth-order valence-corrected chi connectivity index (χ4v) is 2.26. The van der Waals surface area contributed by atoms with Gasteiger partial charge in [0, 0.05) is 15.6 Å². The number of benzene rings is 2. The molecule has 6 heteroatoms. The molecule has 21 heavy (non-hydrogen) atoms. The summed E-state index contributed by atoms with van der Waals surface area (Å²) < 4.78 is 41.0. The van der Waals surface area contributed by atoms with E-state index < -0.39 is 12.1 Å². The monoisotopic (exact) mass is 358 g/mol. The van der Waals surface area contributed by atoms with Gasteiger partial charge in [0.25, 0.3) is 0 Å². The van der Waals surface area contributed by atoms with Gasteiger partial charge in [-0.1, -0.05) is 24.3 Å². The van der Waals surface area contributed by atoms with Gasteiger partial charge >= 0.3 is 6.36 Å². The van der Waals surface area contributed by atoms with Crippen LogP contribution in [0.4, 0.5) is 13.2 Å². The number of rotatable bonds is 3. The SMILES string of the molecule is Cc1cccc(C(=O)c2cccc(OC(F)(F)F)c2)c1Br. The van der Waals surface area contributed by atoms with Crippen LogP contribution in [0.3, 0.4) is 0 Å². The molecule has 0 N–H and O–H groups in total. The van der Waals surface area contributed by atoms with Crippen molar-refractivity contribution in [3.8, 4) is 5.75 Å². The van der Waals surface area contributed by atoms with E-state index in [-0.39, 0.29) is 11.3 Å². The quantitative estimate of drug-likeness (QED) is 0.730. The van der Waals surface area contributed by atoms with Crippen LogP contribution in [0, 0.1) is 6.92 Å². The maximum atomic E-state index is 12.4. The first-order valence-corrected chi connectivity index (χ1v) is 6.73. The molecule has 0 aliphatic rings. The Hall–Kier alpha value is -1.82. The van der Waals surface area contributed by atoms with Crippen molar-refractivity contribution in [1.82, 2.24) is 0 Å². The summed E-state index contributed by atoms with van der Waals surface area (Å²) in [6.45, 7) is 1.82. The Labute approximate surface area is 127 Å². The van der Waals surface area contributed by atoms with Crippen molar-refractivity contribution in [2.45, 2.75) is 13.3 Å². The average Bonchev–Trinajstić information content (AvgIpc) is 2.39. The van der Waals surface area contributed by atoms with Crippen molar-refractivity contribution in [2.75, 3.05) is 0 Å². The molecule has 0 spiro atoms. The molecule has 0 aliphatic heterocycles. The summed E-state index contributed by atoms with van der Waals surface area (Å²) in [4.78, 5) is 12.4. The molecule has 0 unspecified atom stereocenters. The Morgan fingerprint density at radius 2 is 1.81 bits per heavy atom. The van der Waals surface area contributed by atoms with E-state index in [1.165, 1.54) is 12.1 Å². The summed E-state index contributed by atoms with van der Waals surface area (Å²) in [7, 11) is 0. The molecule has 0 heterocycles. The maximum Gasteiger partial charge on any atom is 0.573 e. The molecule has 2 aromatic carbocycles. The molecule has 0 bridgehead atoms. The van der Waals surface area contributed by atoms with E-state index in [1.807, 2.05) is 13.0 Å². The van der Waals surface area contributed by atoms with Crippen molar-refractivity contribution < 1.29 is 22.7 Å². The number of carbonyl (C=O) groups excluding carboxylic acids is 1. The molecule has 2 rings (SSSR count). The van der Waals surface area contributed by atoms with Crippen LogP contribution in [0.5, 0.6) is 5.75 Å². The minimum atomic E-state index is -4.79. The van der Waals surface area contributed by atoms with E-state index in [1.54, 1.807) is 12.1 Å². The second kappa shape index (κ2) is 5.89. The van der Waals surface area contributed by atoms with Gasteiger partial charge in [-0.25, -0.2) is 0 Å². The Kier molecular flexibility index (Phi) is 4.37. The Balaban J connectivity index is 2.36. The molecule has 0 amide bonds. The average molecular weight is 359 g/mol. The molecular weight excluding hydrogens is 349 g/mol. The number of carbonyl (C=O) groups is 1. The number of aryl methyl sites for hydroxylation is 1. The molecule has 2 nitrogen and oxygen atoms in total. The van der Waals surface area contributed by atoms with Crippen LogP contribution >= 0.6 is 15.9 Å². The van der Waals surface area contributed by atoms with Crippen molar-refractivity contribution in [1.29, 1.82) is 0 Å². The summed E-state index contributed by atoms with van der Waals surface area (Å²) in [5.74, 6) is -0.796. The normalized spacial score (nSPS) is 11.3. The van der Waals surface area contributed by atoms with Crippen LogP contribution in [-0.4, -0.2) is 12.1 Å². The van der Waals surface area contributed by atoms with E-state index in [0.717, 1.165) is 17.7 Å². The molecule has 0 aromatic heterocycles. The van der Waals surface area contributed by atoms with Crippen LogP contribution in [0.2, 0.25) is 0 Å². The van der Waals surface area contributed by atoms with Crippen LogP contribution in [-0.2, 0) is 0 Å². The highest BCUT2D eigenvalue weighted by atomic mass is 79.9. The van der Waals surface area contributed by atoms with Crippen molar-refractivity contribution >= 4 is 21.7 Å². The van der Waals surface area contributed by atoms with Crippen molar-refractivity contribution in [2.24, 2.45) is 0 Å². The van der Waals surface area contributed by atoms with Gasteiger partial charge in [-0.3, -0.25) is 4.79 Å². The predicted molar refractivity (Wildman–Crippen MR) is 75.4 cm³/mol. The lowest BCUT2D eigenvalue weighted by atomic mass is 10.0. The number of halogens is 4. The summed E-state index contributed by atoms with van der Waals surface area (Å²) in [5.41, 5.74) is 1.38.